The zero-order valence-electron chi connectivity index (χ0n) is 11.1. The molecule has 1 atom stereocenters. The molecule has 108 valence electrons. The van der Waals surface area contributed by atoms with E-state index in [1.165, 1.54) is 19.2 Å². The van der Waals surface area contributed by atoms with Crippen LogP contribution >= 0.6 is 23.2 Å². The number of hydrogen-bond donors (Lipinski definition) is 0. The molecule has 0 aromatic heterocycles. The van der Waals surface area contributed by atoms with E-state index in [1.54, 1.807) is 18.2 Å². The Morgan fingerprint density at radius 3 is 2.48 bits per heavy atom. The number of fused-ring (bicyclic) bond motifs is 1. The average molecular weight is 325 g/mol. The molecule has 1 aliphatic rings. The third-order valence-electron chi connectivity index (χ3n) is 3.73. The van der Waals surface area contributed by atoms with Gasteiger partial charge < -0.3 is 4.74 Å². The second-order valence-electron chi connectivity index (χ2n) is 4.91. The van der Waals surface area contributed by atoms with Crippen molar-refractivity contribution in [1.29, 1.82) is 0 Å². The van der Waals surface area contributed by atoms with Gasteiger partial charge in [0.25, 0.3) is 0 Å². The Balaban J connectivity index is 2.06. The third-order valence-corrected chi connectivity index (χ3v) is 4.58. The molecule has 0 spiro atoms. The van der Waals surface area contributed by atoms with Crippen molar-refractivity contribution >= 4 is 29.0 Å². The van der Waals surface area contributed by atoms with E-state index in [4.69, 9.17) is 27.9 Å². The molecule has 1 aliphatic carbocycles. The maximum absolute atomic E-state index is 13.0. The number of ether oxygens (including phenoxy) is 1. The molecule has 0 saturated heterocycles. The number of ketones is 1. The molecule has 0 unspecified atom stereocenters. The monoisotopic (exact) mass is 324 g/mol. The van der Waals surface area contributed by atoms with Gasteiger partial charge >= 0.3 is 0 Å². The lowest BCUT2D eigenvalue weighted by Gasteiger charge is -2.08. The molecule has 3 rings (SSSR count). The molecule has 5 heteroatoms. The van der Waals surface area contributed by atoms with Gasteiger partial charge in [-0.25, -0.2) is 4.39 Å². The SMILES string of the molecule is COc1cc2c(c(Cl)c1Cl)C(=O)[C@H](c1ccc(F)cc1)C2. The van der Waals surface area contributed by atoms with E-state index in [-0.39, 0.29) is 27.6 Å². The Kier molecular flexibility index (Phi) is 3.64. The van der Waals surface area contributed by atoms with Gasteiger partial charge in [-0.15, -0.1) is 0 Å². The van der Waals surface area contributed by atoms with E-state index in [9.17, 15) is 9.18 Å². The lowest BCUT2D eigenvalue weighted by atomic mass is 9.95. The van der Waals surface area contributed by atoms with Crippen molar-refractivity contribution in [2.24, 2.45) is 0 Å². The van der Waals surface area contributed by atoms with Crippen molar-refractivity contribution in [3.63, 3.8) is 0 Å². The van der Waals surface area contributed by atoms with E-state index < -0.39 is 0 Å². The average Bonchev–Trinajstić information content (AvgIpc) is 2.81. The predicted octanol–water partition coefficient (Wildman–Crippen LogP) is 4.66. The molecule has 2 nitrogen and oxygen atoms in total. The van der Waals surface area contributed by atoms with Crippen molar-refractivity contribution < 1.29 is 13.9 Å². The summed E-state index contributed by atoms with van der Waals surface area (Å²) < 4.78 is 18.2. The fraction of sp³-hybridized carbons (Fsp3) is 0.188. The first-order valence-corrected chi connectivity index (χ1v) is 7.13. The predicted molar refractivity (Wildman–Crippen MR) is 80.2 cm³/mol. The van der Waals surface area contributed by atoms with E-state index in [0.29, 0.717) is 17.7 Å². The van der Waals surface area contributed by atoms with Crippen LogP contribution in [0.4, 0.5) is 4.39 Å². The minimum absolute atomic E-state index is 0.0915. The van der Waals surface area contributed by atoms with Gasteiger partial charge in [0.1, 0.15) is 16.6 Å². The highest BCUT2D eigenvalue weighted by Crippen LogP contribution is 2.44. The van der Waals surface area contributed by atoms with Crippen LogP contribution < -0.4 is 4.74 Å². The molecule has 0 amide bonds. The zero-order chi connectivity index (χ0) is 15.1. The maximum atomic E-state index is 13.0. The summed E-state index contributed by atoms with van der Waals surface area (Å²) in [6, 6.07) is 7.68. The van der Waals surface area contributed by atoms with Gasteiger partial charge in [0.15, 0.2) is 5.78 Å². The lowest BCUT2D eigenvalue weighted by molar-refractivity contribution is 0.0973. The molecule has 0 heterocycles. The van der Waals surface area contributed by atoms with Crippen LogP contribution in [-0.2, 0) is 6.42 Å². The van der Waals surface area contributed by atoms with Gasteiger partial charge in [-0.05, 0) is 35.7 Å². The van der Waals surface area contributed by atoms with Crippen LogP contribution in [0, 0.1) is 5.82 Å². The molecular formula is C16H11Cl2FO2. The van der Waals surface area contributed by atoms with Crippen LogP contribution in [0.5, 0.6) is 5.75 Å². The molecule has 0 fully saturated rings. The van der Waals surface area contributed by atoms with Gasteiger partial charge in [0.2, 0.25) is 0 Å². The van der Waals surface area contributed by atoms with Crippen LogP contribution in [0.2, 0.25) is 10.0 Å². The fourth-order valence-corrected chi connectivity index (χ4v) is 3.21. The standard InChI is InChI=1S/C16H11Cl2FO2/c1-21-12-7-9-6-11(8-2-4-10(19)5-3-8)16(20)13(9)15(18)14(12)17/h2-5,7,11H,6H2,1H3/t11-/m0/s1. The summed E-state index contributed by atoms with van der Waals surface area (Å²) in [5.74, 6) is -0.329. The topological polar surface area (TPSA) is 26.3 Å². The Bertz CT molecular complexity index is 726. The highest BCUT2D eigenvalue weighted by molar-refractivity contribution is 6.45. The third kappa shape index (κ3) is 2.30. The van der Waals surface area contributed by atoms with Crippen molar-refractivity contribution in [3.8, 4) is 5.75 Å². The molecule has 0 saturated carbocycles. The molecule has 2 aromatic rings. The van der Waals surface area contributed by atoms with Crippen molar-refractivity contribution in [2.45, 2.75) is 12.3 Å². The molecular weight excluding hydrogens is 314 g/mol. The minimum Gasteiger partial charge on any atom is -0.495 e. The smallest absolute Gasteiger partial charge is 0.172 e. The van der Waals surface area contributed by atoms with Crippen LogP contribution in [0.15, 0.2) is 30.3 Å². The summed E-state index contributed by atoms with van der Waals surface area (Å²) in [4.78, 5) is 12.6. The first kappa shape index (κ1) is 14.4. The largest absolute Gasteiger partial charge is 0.495 e. The summed E-state index contributed by atoms with van der Waals surface area (Å²) >= 11 is 12.3. The number of rotatable bonds is 2. The van der Waals surface area contributed by atoms with Gasteiger partial charge in [0.05, 0.1) is 18.1 Å². The second kappa shape index (κ2) is 5.32. The number of carbonyl (C=O) groups excluding carboxylic acids is 1. The summed E-state index contributed by atoms with van der Waals surface area (Å²) in [6.45, 7) is 0. The van der Waals surface area contributed by atoms with Gasteiger partial charge in [0, 0.05) is 5.56 Å². The lowest BCUT2D eigenvalue weighted by Crippen LogP contribution is -2.07. The van der Waals surface area contributed by atoms with E-state index in [2.05, 4.69) is 0 Å². The highest BCUT2D eigenvalue weighted by atomic mass is 35.5. The van der Waals surface area contributed by atoms with E-state index >= 15 is 0 Å². The number of halogens is 3. The van der Waals surface area contributed by atoms with Crippen molar-refractivity contribution in [2.75, 3.05) is 7.11 Å². The van der Waals surface area contributed by atoms with E-state index in [0.717, 1.165) is 11.1 Å². The maximum Gasteiger partial charge on any atom is 0.172 e. The molecule has 2 aromatic carbocycles. The first-order chi connectivity index (χ1) is 10.0. The number of carbonyl (C=O) groups is 1. The first-order valence-electron chi connectivity index (χ1n) is 6.37. The second-order valence-corrected chi connectivity index (χ2v) is 5.67. The molecule has 21 heavy (non-hydrogen) atoms. The molecule has 0 radical (unpaired) electrons. The van der Waals surface area contributed by atoms with Crippen LogP contribution in [0.25, 0.3) is 0 Å². The highest BCUT2D eigenvalue weighted by Gasteiger charge is 2.35. The minimum atomic E-state index is -0.360. The van der Waals surface area contributed by atoms with Crippen LogP contribution in [0.1, 0.15) is 27.4 Å². The molecule has 0 aliphatic heterocycles. The number of benzene rings is 2. The van der Waals surface area contributed by atoms with Crippen molar-refractivity contribution in [1.82, 2.24) is 0 Å². The number of methoxy groups -OCH3 is 1. The van der Waals surface area contributed by atoms with Gasteiger partial charge in [-0.1, -0.05) is 35.3 Å². The normalized spacial score (nSPS) is 17.0. The van der Waals surface area contributed by atoms with Gasteiger partial charge in [-0.3, -0.25) is 4.79 Å². The Morgan fingerprint density at radius 2 is 1.86 bits per heavy atom. The summed E-state index contributed by atoms with van der Waals surface area (Å²) in [7, 11) is 1.50. The zero-order valence-corrected chi connectivity index (χ0v) is 12.6. The fourth-order valence-electron chi connectivity index (χ4n) is 2.68. The summed E-state index contributed by atoms with van der Waals surface area (Å²) in [6.07, 6.45) is 0.507. The Hall–Kier alpha value is -1.58. The van der Waals surface area contributed by atoms with Crippen LogP contribution in [0.3, 0.4) is 0 Å². The Labute approximate surface area is 131 Å². The Morgan fingerprint density at radius 1 is 1.19 bits per heavy atom. The van der Waals surface area contributed by atoms with Crippen LogP contribution in [-0.4, -0.2) is 12.9 Å². The summed E-state index contributed by atoms with van der Waals surface area (Å²) in [5.41, 5.74) is 2.01. The number of hydrogen-bond acceptors (Lipinski definition) is 2. The summed E-state index contributed by atoms with van der Waals surface area (Å²) in [5, 5.41) is 0.464. The molecule has 0 N–H and O–H groups in total. The van der Waals surface area contributed by atoms with E-state index in [1.807, 2.05) is 0 Å². The quantitative estimate of drug-likeness (QED) is 0.802. The molecule has 0 bridgehead atoms. The number of Topliss-reactive ketones (excluding diaryl/α,β-unsaturated/α-hetero) is 1. The van der Waals surface area contributed by atoms with Crippen molar-refractivity contribution in [3.05, 3.63) is 62.9 Å². The van der Waals surface area contributed by atoms with Gasteiger partial charge in [-0.2, -0.15) is 0 Å².